The van der Waals surface area contributed by atoms with Gasteiger partial charge in [-0.05, 0) is 30.9 Å². The molecule has 1 aliphatic carbocycles. The second-order valence-electron chi connectivity index (χ2n) is 5.57. The largest absolute Gasteiger partial charge is 0.478 e. The number of carbonyl (C=O) groups is 1. The molecule has 0 aliphatic heterocycles. The minimum Gasteiger partial charge on any atom is -0.478 e. The second kappa shape index (κ2) is 5.54. The summed E-state index contributed by atoms with van der Waals surface area (Å²) >= 11 is 0. The SMILES string of the molecule is CC(C)c1cc(C(=O)O)cc(N(CC(F)(F)F)C2CC2)n1. The number of anilines is 1. The van der Waals surface area contributed by atoms with Gasteiger partial charge in [0.15, 0.2) is 0 Å². The van der Waals surface area contributed by atoms with Gasteiger partial charge in [0, 0.05) is 11.7 Å². The van der Waals surface area contributed by atoms with E-state index < -0.39 is 18.7 Å². The average Bonchev–Trinajstić information content (AvgIpc) is 3.18. The summed E-state index contributed by atoms with van der Waals surface area (Å²) in [5, 5.41) is 9.12. The number of hydrogen-bond donors (Lipinski definition) is 1. The minimum absolute atomic E-state index is 0.0310. The van der Waals surface area contributed by atoms with Crippen LogP contribution in [0, 0.1) is 0 Å². The van der Waals surface area contributed by atoms with Gasteiger partial charge in [-0.1, -0.05) is 13.8 Å². The molecule has 21 heavy (non-hydrogen) atoms. The molecule has 116 valence electrons. The fraction of sp³-hybridized carbons (Fsp3) is 0.571. The molecule has 1 aromatic heterocycles. The number of carboxylic acid groups (broad SMARTS) is 1. The highest BCUT2D eigenvalue weighted by Crippen LogP contribution is 2.34. The van der Waals surface area contributed by atoms with E-state index in [1.165, 1.54) is 17.0 Å². The molecule has 1 N–H and O–H groups in total. The monoisotopic (exact) mass is 302 g/mol. The number of aromatic nitrogens is 1. The van der Waals surface area contributed by atoms with Crippen molar-refractivity contribution in [2.24, 2.45) is 0 Å². The smallest absolute Gasteiger partial charge is 0.405 e. The molecule has 1 heterocycles. The summed E-state index contributed by atoms with van der Waals surface area (Å²) in [6.45, 7) is 2.54. The number of nitrogens with zero attached hydrogens (tertiary/aromatic N) is 2. The van der Waals surface area contributed by atoms with Crippen molar-refractivity contribution >= 4 is 11.8 Å². The highest BCUT2D eigenvalue weighted by molar-refractivity contribution is 5.88. The van der Waals surface area contributed by atoms with Crippen molar-refractivity contribution < 1.29 is 23.1 Å². The van der Waals surface area contributed by atoms with Crippen molar-refractivity contribution in [3.8, 4) is 0 Å². The summed E-state index contributed by atoms with van der Waals surface area (Å²) in [6.07, 6.45) is -3.00. The molecule has 1 saturated carbocycles. The number of alkyl halides is 3. The fourth-order valence-electron chi connectivity index (χ4n) is 2.08. The molecule has 0 bridgehead atoms. The summed E-state index contributed by atoms with van der Waals surface area (Å²) < 4.78 is 38.1. The van der Waals surface area contributed by atoms with Crippen molar-refractivity contribution in [1.82, 2.24) is 4.98 Å². The summed E-state index contributed by atoms with van der Waals surface area (Å²) in [6, 6.07) is 2.43. The fourth-order valence-corrected chi connectivity index (χ4v) is 2.08. The Balaban J connectivity index is 2.41. The van der Waals surface area contributed by atoms with Crippen LogP contribution in [-0.2, 0) is 0 Å². The maximum absolute atomic E-state index is 12.7. The molecule has 7 heteroatoms. The Kier molecular flexibility index (Phi) is 4.11. The summed E-state index contributed by atoms with van der Waals surface area (Å²) in [7, 11) is 0. The lowest BCUT2D eigenvalue weighted by Gasteiger charge is -2.26. The molecule has 0 saturated heterocycles. The van der Waals surface area contributed by atoms with Crippen LogP contribution >= 0.6 is 0 Å². The molecule has 0 unspecified atom stereocenters. The molecule has 4 nitrogen and oxygen atoms in total. The third kappa shape index (κ3) is 4.09. The Morgan fingerprint density at radius 1 is 1.43 bits per heavy atom. The predicted molar refractivity (Wildman–Crippen MR) is 71.7 cm³/mol. The Morgan fingerprint density at radius 3 is 2.48 bits per heavy atom. The average molecular weight is 302 g/mol. The summed E-state index contributed by atoms with van der Waals surface area (Å²) in [5.41, 5.74) is 0.453. The lowest BCUT2D eigenvalue weighted by molar-refractivity contribution is -0.120. The van der Waals surface area contributed by atoms with Crippen LogP contribution in [-0.4, -0.2) is 34.8 Å². The van der Waals surface area contributed by atoms with Crippen LogP contribution < -0.4 is 4.90 Å². The number of aromatic carboxylic acids is 1. The normalized spacial score (nSPS) is 15.3. The maximum Gasteiger partial charge on any atom is 0.405 e. The number of hydrogen-bond acceptors (Lipinski definition) is 3. The Bertz CT molecular complexity index is 540. The van der Waals surface area contributed by atoms with Gasteiger partial charge >= 0.3 is 12.1 Å². The number of pyridine rings is 1. The standard InChI is InChI=1S/C14H17F3N2O2/c1-8(2)11-5-9(13(20)21)6-12(18-11)19(10-3-4-10)7-14(15,16)17/h5-6,8,10H,3-4,7H2,1-2H3,(H,20,21). The zero-order chi connectivity index (χ0) is 15.8. The van der Waals surface area contributed by atoms with E-state index >= 15 is 0 Å². The molecule has 1 aliphatic rings. The van der Waals surface area contributed by atoms with Crippen LogP contribution in [0.4, 0.5) is 19.0 Å². The Hall–Kier alpha value is -1.79. The topological polar surface area (TPSA) is 53.4 Å². The van der Waals surface area contributed by atoms with E-state index in [9.17, 15) is 18.0 Å². The first-order chi connectivity index (χ1) is 9.67. The van der Waals surface area contributed by atoms with Gasteiger partial charge in [-0.2, -0.15) is 13.2 Å². The van der Waals surface area contributed by atoms with Gasteiger partial charge in [-0.15, -0.1) is 0 Å². The molecule has 0 spiro atoms. The van der Waals surface area contributed by atoms with E-state index in [0.29, 0.717) is 18.5 Å². The number of rotatable bonds is 5. The first-order valence-corrected chi connectivity index (χ1v) is 6.76. The first-order valence-electron chi connectivity index (χ1n) is 6.76. The van der Waals surface area contributed by atoms with E-state index in [1.54, 1.807) is 0 Å². The van der Waals surface area contributed by atoms with Gasteiger partial charge in [0.2, 0.25) is 0 Å². The van der Waals surface area contributed by atoms with Crippen molar-refractivity contribution in [2.75, 3.05) is 11.4 Å². The Morgan fingerprint density at radius 2 is 2.05 bits per heavy atom. The van der Waals surface area contributed by atoms with E-state index in [1.807, 2.05) is 13.8 Å². The molecule has 0 radical (unpaired) electrons. The van der Waals surface area contributed by atoms with Crippen molar-refractivity contribution in [3.05, 3.63) is 23.4 Å². The molecule has 0 atom stereocenters. The molecule has 0 amide bonds. The molecular formula is C14H17F3N2O2. The zero-order valence-electron chi connectivity index (χ0n) is 11.8. The summed E-state index contributed by atoms with van der Waals surface area (Å²) in [4.78, 5) is 16.5. The van der Waals surface area contributed by atoms with Crippen LogP contribution in [0.5, 0.6) is 0 Å². The number of carboxylic acids is 1. The zero-order valence-corrected chi connectivity index (χ0v) is 11.8. The van der Waals surface area contributed by atoms with Crippen LogP contribution in [0.25, 0.3) is 0 Å². The van der Waals surface area contributed by atoms with Crippen molar-refractivity contribution in [2.45, 2.75) is 44.8 Å². The van der Waals surface area contributed by atoms with Gasteiger partial charge in [0.25, 0.3) is 0 Å². The van der Waals surface area contributed by atoms with E-state index in [0.717, 1.165) is 0 Å². The molecule has 1 aromatic rings. The lowest BCUT2D eigenvalue weighted by Crippen LogP contribution is -2.36. The molecule has 0 aromatic carbocycles. The molecule has 1 fully saturated rings. The van der Waals surface area contributed by atoms with Crippen LogP contribution in [0.1, 0.15) is 48.7 Å². The van der Waals surface area contributed by atoms with Gasteiger partial charge < -0.3 is 10.0 Å². The summed E-state index contributed by atoms with van der Waals surface area (Å²) in [5.74, 6) is -1.13. The highest BCUT2D eigenvalue weighted by atomic mass is 19.4. The second-order valence-corrected chi connectivity index (χ2v) is 5.57. The lowest BCUT2D eigenvalue weighted by atomic mass is 10.1. The van der Waals surface area contributed by atoms with Crippen molar-refractivity contribution in [1.29, 1.82) is 0 Å². The third-order valence-electron chi connectivity index (χ3n) is 3.30. The highest BCUT2D eigenvalue weighted by Gasteiger charge is 2.39. The van der Waals surface area contributed by atoms with Crippen LogP contribution in [0.2, 0.25) is 0 Å². The molecule has 2 rings (SSSR count). The predicted octanol–water partition coefficient (Wildman–Crippen LogP) is 3.43. The maximum atomic E-state index is 12.7. The molecular weight excluding hydrogens is 285 g/mol. The first kappa shape index (κ1) is 15.6. The third-order valence-corrected chi connectivity index (χ3v) is 3.30. The Labute approximate surface area is 120 Å². The van der Waals surface area contributed by atoms with E-state index in [4.69, 9.17) is 5.11 Å². The quantitative estimate of drug-likeness (QED) is 0.905. The minimum atomic E-state index is -4.35. The van der Waals surface area contributed by atoms with Gasteiger partial charge in [-0.3, -0.25) is 0 Å². The van der Waals surface area contributed by atoms with E-state index in [2.05, 4.69) is 4.98 Å². The van der Waals surface area contributed by atoms with Crippen LogP contribution in [0.3, 0.4) is 0 Å². The van der Waals surface area contributed by atoms with Crippen molar-refractivity contribution in [3.63, 3.8) is 0 Å². The van der Waals surface area contributed by atoms with Gasteiger partial charge in [0.1, 0.15) is 12.4 Å². The van der Waals surface area contributed by atoms with Gasteiger partial charge in [0.05, 0.1) is 5.56 Å². The van der Waals surface area contributed by atoms with Crippen LogP contribution in [0.15, 0.2) is 12.1 Å². The van der Waals surface area contributed by atoms with Gasteiger partial charge in [-0.25, -0.2) is 9.78 Å². The number of halogens is 3. The van der Waals surface area contributed by atoms with E-state index in [-0.39, 0.29) is 23.3 Å².